The molecule has 1 aromatic carbocycles. The second-order valence-electron chi connectivity index (χ2n) is 6.98. The number of benzene rings is 1. The van der Waals surface area contributed by atoms with Crippen molar-refractivity contribution in [3.63, 3.8) is 0 Å². The van der Waals surface area contributed by atoms with Crippen LogP contribution in [0, 0.1) is 0 Å². The minimum absolute atomic E-state index is 0. The summed E-state index contributed by atoms with van der Waals surface area (Å²) in [5, 5.41) is 14.7. The number of nitrogens with zero attached hydrogens (tertiary/aromatic N) is 3. The Bertz CT molecular complexity index is 785. The van der Waals surface area contributed by atoms with E-state index in [-0.39, 0.29) is 12.4 Å². The fourth-order valence-corrected chi connectivity index (χ4v) is 3.91. The van der Waals surface area contributed by atoms with E-state index in [4.69, 9.17) is 9.84 Å². The Morgan fingerprint density at radius 2 is 1.93 bits per heavy atom. The lowest BCUT2D eigenvalue weighted by Crippen LogP contribution is -2.27. The number of methoxy groups -OCH3 is 1. The van der Waals surface area contributed by atoms with Gasteiger partial charge in [0.25, 0.3) is 0 Å². The fourth-order valence-electron chi connectivity index (χ4n) is 3.91. The molecule has 1 N–H and O–H groups in total. The first-order valence-electron chi connectivity index (χ1n) is 9.79. The molecule has 28 heavy (non-hydrogen) atoms. The third-order valence-corrected chi connectivity index (χ3v) is 5.53. The predicted octanol–water partition coefficient (Wildman–Crippen LogP) is 3.69. The van der Waals surface area contributed by atoms with Crippen LogP contribution in [0.4, 0.5) is 0 Å². The zero-order valence-electron chi connectivity index (χ0n) is 16.9. The molecule has 6 nitrogen and oxygen atoms in total. The van der Waals surface area contributed by atoms with Crippen molar-refractivity contribution in [1.82, 2.24) is 14.7 Å². The second kappa shape index (κ2) is 9.94. The predicted molar refractivity (Wildman–Crippen MR) is 112 cm³/mol. The van der Waals surface area contributed by atoms with Gasteiger partial charge in [0.05, 0.1) is 18.5 Å². The van der Waals surface area contributed by atoms with Gasteiger partial charge in [0.1, 0.15) is 11.7 Å². The van der Waals surface area contributed by atoms with Gasteiger partial charge in [-0.2, -0.15) is 5.10 Å². The number of carboxylic acids is 1. The molecular weight excluding hydrogens is 378 g/mol. The molecule has 0 fully saturated rings. The van der Waals surface area contributed by atoms with E-state index >= 15 is 0 Å². The van der Waals surface area contributed by atoms with Crippen molar-refractivity contribution in [1.29, 1.82) is 0 Å². The maximum Gasteiger partial charge on any atom is 0.312 e. The van der Waals surface area contributed by atoms with Crippen LogP contribution in [-0.2, 0) is 17.6 Å². The average Bonchev–Trinajstić information content (AvgIpc) is 3.28. The number of fused-ring (bicyclic) bond motifs is 1. The molecule has 1 unspecified atom stereocenters. The normalized spacial score (nSPS) is 13.9. The number of ether oxygens (including phenoxy) is 1. The van der Waals surface area contributed by atoms with Crippen molar-refractivity contribution in [2.45, 2.75) is 45.4 Å². The monoisotopic (exact) mass is 407 g/mol. The Morgan fingerprint density at radius 3 is 2.50 bits per heavy atom. The third kappa shape index (κ3) is 4.50. The van der Waals surface area contributed by atoms with Crippen molar-refractivity contribution in [3.8, 4) is 11.4 Å². The number of rotatable bonds is 9. The SMILES string of the molecule is CCN(CC)CCC(C(=O)O)c1nn(-c2ccc(OC)cc2)c2c1CCC2.Cl. The number of carboxylic acid groups (broad SMARTS) is 1. The molecule has 1 heterocycles. The van der Waals surface area contributed by atoms with Gasteiger partial charge in [0.2, 0.25) is 0 Å². The van der Waals surface area contributed by atoms with Gasteiger partial charge in [-0.3, -0.25) is 4.79 Å². The molecule has 0 saturated heterocycles. The van der Waals surface area contributed by atoms with E-state index in [0.717, 1.165) is 67.3 Å². The van der Waals surface area contributed by atoms with Crippen LogP contribution >= 0.6 is 12.4 Å². The topological polar surface area (TPSA) is 67.6 Å². The van der Waals surface area contributed by atoms with Crippen molar-refractivity contribution in [2.24, 2.45) is 0 Å². The van der Waals surface area contributed by atoms with Crippen LogP contribution < -0.4 is 4.74 Å². The van der Waals surface area contributed by atoms with Crippen LogP contribution in [0.3, 0.4) is 0 Å². The highest BCUT2D eigenvalue weighted by molar-refractivity contribution is 5.85. The summed E-state index contributed by atoms with van der Waals surface area (Å²) >= 11 is 0. The maximum absolute atomic E-state index is 12.0. The summed E-state index contributed by atoms with van der Waals surface area (Å²) < 4.78 is 7.17. The highest BCUT2D eigenvalue weighted by Crippen LogP contribution is 2.33. The molecule has 0 amide bonds. The van der Waals surface area contributed by atoms with Gasteiger partial charge in [-0.1, -0.05) is 13.8 Å². The summed E-state index contributed by atoms with van der Waals surface area (Å²) in [4.78, 5) is 14.3. The molecule has 1 aliphatic rings. The van der Waals surface area contributed by atoms with Crippen molar-refractivity contribution < 1.29 is 14.6 Å². The maximum atomic E-state index is 12.0. The van der Waals surface area contributed by atoms with E-state index in [2.05, 4.69) is 18.7 Å². The largest absolute Gasteiger partial charge is 0.497 e. The highest BCUT2D eigenvalue weighted by Gasteiger charge is 2.31. The summed E-state index contributed by atoms with van der Waals surface area (Å²) in [6, 6.07) is 7.76. The summed E-state index contributed by atoms with van der Waals surface area (Å²) in [6.45, 7) is 6.85. The highest BCUT2D eigenvalue weighted by atomic mass is 35.5. The zero-order chi connectivity index (χ0) is 19.4. The van der Waals surface area contributed by atoms with E-state index in [0.29, 0.717) is 6.42 Å². The number of hydrogen-bond acceptors (Lipinski definition) is 4. The van der Waals surface area contributed by atoms with Crippen LogP contribution in [0.15, 0.2) is 24.3 Å². The average molecular weight is 408 g/mol. The Morgan fingerprint density at radius 1 is 1.25 bits per heavy atom. The van der Waals surface area contributed by atoms with E-state index in [1.54, 1.807) is 7.11 Å². The molecule has 0 radical (unpaired) electrons. The summed E-state index contributed by atoms with van der Waals surface area (Å²) in [5.74, 6) is -0.543. The van der Waals surface area contributed by atoms with Crippen LogP contribution in [0.2, 0.25) is 0 Å². The second-order valence-corrected chi connectivity index (χ2v) is 6.98. The molecular formula is C21H30ClN3O3. The van der Waals surface area contributed by atoms with Gasteiger partial charge < -0.3 is 14.7 Å². The first-order chi connectivity index (χ1) is 13.1. The number of hydrogen-bond donors (Lipinski definition) is 1. The number of halogens is 1. The van der Waals surface area contributed by atoms with Gasteiger partial charge in [0.15, 0.2) is 0 Å². The lowest BCUT2D eigenvalue weighted by molar-refractivity contribution is -0.139. The molecule has 2 aromatic rings. The number of aromatic nitrogens is 2. The van der Waals surface area contributed by atoms with E-state index in [9.17, 15) is 9.90 Å². The summed E-state index contributed by atoms with van der Waals surface area (Å²) in [7, 11) is 1.64. The van der Waals surface area contributed by atoms with Crippen LogP contribution in [-0.4, -0.2) is 52.5 Å². The molecule has 0 bridgehead atoms. The quantitative estimate of drug-likeness (QED) is 0.686. The van der Waals surface area contributed by atoms with Crippen molar-refractivity contribution in [3.05, 3.63) is 41.2 Å². The number of carbonyl (C=O) groups is 1. The van der Waals surface area contributed by atoms with Gasteiger partial charge >= 0.3 is 5.97 Å². The van der Waals surface area contributed by atoms with Crippen LogP contribution in [0.1, 0.15) is 49.6 Å². The molecule has 1 aliphatic carbocycles. The van der Waals surface area contributed by atoms with Crippen molar-refractivity contribution >= 4 is 18.4 Å². The van der Waals surface area contributed by atoms with Crippen molar-refractivity contribution in [2.75, 3.05) is 26.7 Å². The summed E-state index contributed by atoms with van der Waals surface area (Å²) in [5.41, 5.74) is 3.99. The Labute approximate surface area is 172 Å². The molecule has 154 valence electrons. The first-order valence-corrected chi connectivity index (χ1v) is 9.79. The summed E-state index contributed by atoms with van der Waals surface area (Å²) in [6.07, 6.45) is 3.49. The molecule has 7 heteroatoms. The molecule has 0 saturated carbocycles. The molecule has 1 atom stereocenters. The van der Waals surface area contributed by atoms with Gasteiger partial charge in [-0.05, 0) is 75.1 Å². The lowest BCUT2D eigenvalue weighted by Gasteiger charge is -2.20. The smallest absolute Gasteiger partial charge is 0.312 e. The minimum atomic E-state index is -0.781. The van der Waals surface area contributed by atoms with Gasteiger partial charge in [-0.15, -0.1) is 12.4 Å². The lowest BCUT2D eigenvalue weighted by atomic mass is 9.97. The van der Waals surface area contributed by atoms with E-state index in [1.807, 2.05) is 28.9 Å². The van der Waals surface area contributed by atoms with Gasteiger partial charge in [0, 0.05) is 5.69 Å². The Balaban J connectivity index is 0.00000280. The third-order valence-electron chi connectivity index (χ3n) is 5.53. The fraction of sp³-hybridized carbons (Fsp3) is 0.524. The molecule has 0 aliphatic heterocycles. The Hall–Kier alpha value is -2.05. The van der Waals surface area contributed by atoms with Crippen LogP contribution in [0.25, 0.3) is 5.69 Å². The van der Waals surface area contributed by atoms with Crippen LogP contribution in [0.5, 0.6) is 5.75 Å². The van der Waals surface area contributed by atoms with Gasteiger partial charge in [-0.25, -0.2) is 4.68 Å². The Kier molecular flexibility index (Phi) is 7.89. The standard InChI is InChI=1S/C21H29N3O3.ClH/c1-4-23(5-2)14-13-18(21(25)26)20-17-7-6-8-19(17)24(22-20)15-9-11-16(27-3)12-10-15;/h9-12,18H,4-8,13-14H2,1-3H3,(H,25,26);1H. The minimum Gasteiger partial charge on any atom is -0.497 e. The molecule has 1 aromatic heterocycles. The first kappa shape index (κ1) is 22.2. The van der Waals surface area contributed by atoms with E-state index in [1.165, 1.54) is 0 Å². The molecule has 0 spiro atoms. The number of aliphatic carboxylic acids is 1. The molecule has 3 rings (SSSR count). The zero-order valence-corrected chi connectivity index (χ0v) is 17.7. The van der Waals surface area contributed by atoms with E-state index < -0.39 is 11.9 Å².